The molecule has 0 N–H and O–H groups in total. The number of rotatable bonds is 7. The van der Waals surface area contributed by atoms with E-state index in [2.05, 4.69) is 216 Å². The smallest absolute Gasteiger partial charge is 0.159 e. The Morgan fingerprint density at radius 2 is 0.877 bits per heavy atom. The fourth-order valence-electron chi connectivity index (χ4n) is 8.55. The van der Waals surface area contributed by atoms with Gasteiger partial charge in [0.1, 0.15) is 5.58 Å². The molecule has 268 valence electrons. The standard InChI is InChI=1S/C54H36N2O/c1-3-14-37(15-4-1)38-28-30-39(31-29-38)40-32-34-43(35-33-40)55(42-17-5-2-6-18-42)44-19-11-16-41(36-44)45-22-12-25-50-53(45)48-21-7-9-24-49(48)56(50)51-26-13-23-47-46-20-8-10-27-52(46)57-54(47)51/h1-36H. The van der Waals surface area contributed by atoms with Crippen molar-refractivity contribution < 1.29 is 4.42 Å². The highest BCUT2D eigenvalue weighted by atomic mass is 16.3. The molecule has 0 radical (unpaired) electrons. The van der Waals surface area contributed by atoms with Crippen molar-refractivity contribution in [3.63, 3.8) is 0 Å². The Morgan fingerprint density at radius 1 is 0.351 bits per heavy atom. The molecule has 0 aliphatic carbocycles. The number of fused-ring (bicyclic) bond motifs is 6. The zero-order valence-corrected chi connectivity index (χ0v) is 31.1. The molecule has 0 spiro atoms. The minimum absolute atomic E-state index is 0.891. The first-order valence-electron chi connectivity index (χ1n) is 19.4. The van der Waals surface area contributed by atoms with E-state index in [1.54, 1.807) is 0 Å². The summed E-state index contributed by atoms with van der Waals surface area (Å²) in [6, 6.07) is 78.0. The van der Waals surface area contributed by atoms with Crippen molar-refractivity contribution >= 4 is 60.8 Å². The summed E-state index contributed by atoms with van der Waals surface area (Å²) >= 11 is 0. The molecule has 0 unspecified atom stereocenters. The fourth-order valence-corrected chi connectivity index (χ4v) is 8.55. The second-order valence-electron chi connectivity index (χ2n) is 14.5. The number of hydrogen-bond acceptors (Lipinski definition) is 2. The number of nitrogens with zero attached hydrogens (tertiary/aromatic N) is 2. The average Bonchev–Trinajstić information content (AvgIpc) is 3.84. The fraction of sp³-hybridized carbons (Fsp3) is 0. The highest BCUT2D eigenvalue weighted by Gasteiger charge is 2.20. The molecule has 0 aliphatic heterocycles. The van der Waals surface area contributed by atoms with Crippen LogP contribution in [-0.4, -0.2) is 4.57 Å². The van der Waals surface area contributed by atoms with Crippen molar-refractivity contribution in [2.75, 3.05) is 4.90 Å². The molecule has 11 aromatic rings. The van der Waals surface area contributed by atoms with Gasteiger partial charge >= 0.3 is 0 Å². The lowest BCUT2D eigenvalue weighted by atomic mass is 9.98. The summed E-state index contributed by atoms with van der Waals surface area (Å²) in [5, 5.41) is 4.66. The normalized spacial score (nSPS) is 11.5. The third kappa shape index (κ3) is 5.60. The lowest BCUT2D eigenvalue weighted by molar-refractivity contribution is 0.666. The van der Waals surface area contributed by atoms with E-state index < -0.39 is 0 Å². The Kier molecular flexibility index (Phi) is 7.82. The zero-order chi connectivity index (χ0) is 37.7. The Labute approximate surface area is 330 Å². The third-order valence-corrected chi connectivity index (χ3v) is 11.2. The molecular formula is C54H36N2O. The van der Waals surface area contributed by atoms with Gasteiger partial charge in [0.25, 0.3) is 0 Å². The molecule has 0 bridgehead atoms. The van der Waals surface area contributed by atoms with Crippen molar-refractivity contribution in [2.45, 2.75) is 0 Å². The molecule has 0 amide bonds. The van der Waals surface area contributed by atoms with E-state index in [0.29, 0.717) is 0 Å². The van der Waals surface area contributed by atoms with Crippen molar-refractivity contribution in [3.05, 3.63) is 218 Å². The van der Waals surface area contributed by atoms with Gasteiger partial charge in [-0.05, 0) is 94.0 Å². The maximum absolute atomic E-state index is 6.57. The summed E-state index contributed by atoms with van der Waals surface area (Å²) in [4.78, 5) is 2.34. The molecule has 9 aromatic carbocycles. The molecule has 11 rings (SSSR count). The number of furan rings is 1. The molecule has 0 aliphatic rings. The van der Waals surface area contributed by atoms with E-state index in [1.165, 1.54) is 38.6 Å². The number of hydrogen-bond donors (Lipinski definition) is 0. The van der Waals surface area contributed by atoms with Gasteiger partial charge in [0.05, 0.1) is 16.7 Å². The molecule has 57 heavy (non-hydrogen) atoms. The number of aromatic nitrogens is 1. The van der Waals surface area contributed by atoms with Crippen LogP contribution in [0.4, 0.5) is 17.1 Å². The third-order valence-electron chi connectivity index (χ3n) is 11.2. The quantitative estimate of drug-likeness (QED) is 0.163. The predicted molar refractivity (Wildman–Crippen MR) is 239 cm³/mol. The Bertz CT molecular complexity index is 3210. The molecule has 3 nitrogen and oxygen atoms in total. The van der Waals surface area contributed by atoms with Crippen LogP contribution in [0.5, 0.6) is 0 Å². The van der Waals surface area contributed by atoms with E-state index in [4.69, 9.17) is 4.42 Å². The Hall–Kier alpha value is -7.62. The second kappa shape index (κ2) is 13.6. The first-order valence-corrected chi connectivity index (χ1v) is 19.4. The van der Waals surface area contributed by atoms with Gasteiger partial charge in [0, 0.05) is 38.6 Å². The van der Waals surface area contributed by atoms with Crippen LogP contribution in [0.1, 0.15) is 0 Å². The first kappa shape index (κ1) is 32.8. The summed E-state index contributed by atoms with van der Waals surface area (Å²) in [5.41, 5.74) is 15.5. The SMILES string of the molecule is c1ccc(-c2ccc(-c3ccc(N(c4ccccc4)c4cccc(-c5cccc6c5c5ccccc5n6-c5cccc6c5oc5ccccc56)c4)cc3)cc2)cc1. The minimum atomic E-state index is 0.891. The van der Waals surface area contributed by atoms with E-state index in [-0.39, 0.29) is 0 Å². The summed E-state index contributed by atoms with van der Waals surface area (Å²) in [7, 11) is 0. The van der Waals surface area contributed by atoms with Crippen molar-refractivity contribution in [3.8, 4) is 39.1 Å². The van der Waals surface area contributed by atoms with Crippen LogP contribution >= 0.6 is 0 Å². The van der Waals surface area contributed by atoms with Crippen molar-refractivity contribution in [2.24, 2.45) is 0 Å². The van der Waals surface area contributed by atoms with Gasteiger partial charge in [-0.2, -0.15) is 0 Å². The van der Waals surface area contributed by atoms with Crippen molar-refractivity contribution in [1.82, 2.24) is 4.57 Å². The van der Waals surface area contributed by atoms with Gasteiger partial charge in [-0.25, -0.2) is 0 Å². The largest absolute Gasteiger partial charge is 0.454 e. The van der Waals surface area contributed by atoms with Gasteiger partial charge in [0.15, 0.2) is 5.58 Å². The van der Waals surface area contributed by atoms with Crippen LogP contribution < -0.4 is 4.90 Å². The van der Waals surface area contributed by atoms with Gasteiger partial charge in [-0.3, -0.25) is 0 Å². The van der Waals surface area contributed by atoms with Crippen LogP contribution in [0.2, 0.25) is 0 Å². The summed E-state index contributed by atoms with van der Waals surface area (Å²) in [6.07, 6.45) is 0. The average molecular weight is 729 g/mol. The van der Waals surface area contributed by atoms with Gasteiger partial charge in [-0.1, -0.05) is 158 Å². The molecule has 3 heteroatoms. The molecule has 0 saturated carbocycles. The highest BCUT2D eigenvalue weighted by Crippen LogP contribution is 2.43. The monoisotopic (exact) mass is 728 g/mol. The van der Waals surface area contributed by atoms with Crippen LogP contribution in [0, 0.1) is 0 Å². The Morgan fingerprint density at radius 3 is 1.65 bits per heavy atom. The zero-order valence-electron chi connectivity index (χ0n) is 31.1. The molecule has 0 atom stereocenters. The highest BCUT2D eigenvalue weighted by molar-refractivity contribution is 6.17. The van der Waals surface area contributed by atoms with Crippen LogP contribution in [0.3, 0.4) is 0 Å². The topological polar surface area (TPSA) is 21.3 Å². The molecule has 0 fully saturated rings. The van der Waals surface area contributed by atoms with Crippen LogP contribution in [0.25, 0.3) is 82.8 Å². The predicted octanol–water partition coefficient (Wildman–Crippen LogP) is 15.2. The van der Waals surface area contributed by atoms with E-state index in [0.717, 1.165) is 61.3 Å². The maximum Gasteiger partial charge on any atom is 0.159 e. The first-order chi connectivity index (χ1) is 28.3. The molecule has 0 saturated heterocycles. The lowest BCUT2D eigenvalue weighted by Gasteiger charge is -2.26. The summed E-state index contributed by atoms with van der Waals surface area (Å²) < 4.78 is 8.94. The number of para-hydroxylation sites is 4. The van der Waals surface area contributed by atoms with Crippen molar-refractivity contribution in [1.29, 1.82) is 0 Å². The van der Waals surface area contributed by atoms with Gasteiger partial charge in [0.2, 0.25) is 0 Å². The molecule has 2 heterocycles. The van der Waals surface area contributed by atoms with E-state index >= 15 is 0 Å². The van der Waals surface area contributed by atoms with Crippen LogP contribution in [0.15, 0.2) is 223 Å². The minimum Gasteiger partial charge on any atom is -0.454 e. The molecular weight excluding hydrogens is 693 g/mol. The summed E-state index contributed by atoms with van der Waals surface area (Å²) in [6.45, 7) is 0. The molecule has 2 aromatic heterocycles. The Balaban J connectivity index is 1.02. The maximum atomic E-state index is 6.57. The second-order valence-corrected chi connectivity index (χ2v) is 14.5. The summed E-state index contributed by atoms with van der Waals surface area (Å²) in [5.74, 6) is 0. The number of anilines is 3. The van der Waals surface area contributed by atoms with Crippen LogP contribution in [-0.2, 0) is 0 Å². The number of benzene rings is 9. The van der Waals surface area contributed by atoms with E-state index in [1.807, 2.05) is 12.1 Å². The lowest BCUT2D eigenvalue weighted by Crippen LogP contribution is -2.09. The van der Waals surface area contributed by atoms with Gasteiger partial charge < -0.3 is 13.9 Å². The van der Waals surface area contributed by atoms with Gasteiger partial charge in [-0.15, -0.1) is 0 Å². The van der Waals surface area contributed by atoms with E-state index in [9.17, 15) is 0 Å².